The van der Waals surface area contributed by atoms with Crippen LogP contribution >= 0.6 is 11.8 Å². The van der Waals surface area contributed by atoms with Crippen molar-refractivity contribution in [2.75, 3.05) is 14.2 Å². The number of nitrogens with one attached hydrogen (secondary N) is 1. The van der Waals surface area contributed by atoms with Crippen LogP contribution in [0.2, 0.25) is 0 Å². The number of rotatable bonds is 6. The van der Waals surface area contributed by atoms with Gasteiger partial charge in [0.2, 0.25) is 5.16 Å². The number of benzene rings is 1. The van der Waals surface area contributed by atoms with Crippen molar-refractivity contribution >= 4 is 23.8 Å². The van der Waals surface area contributed by atoms with E-state index in [4.69, 9.17) is 9.47 Å². The van der Waals surface area contributed by atoms with Crippen molar-refractivity contribution in [2.45, 2.75) is 12.1 Å². The highest BCUT2D eigenvalue weighted by Crippen LogP contribution is 2.31. The topological polar surface area (TPSA) is 97.3 Å². The Morgan fingerprint density at radius 1 is 1.32 bits per heavy atom. The Morgan fingerprint density at radius 2 is 2.05 bits per heavy atom. The lowest BCUT2D eigenvalue weighted by Gasteiger charge is -2.08. The summed E-state index contributed by atoms with van der Waals surface area (Å²) in [6.07, 6.45) is 1.53. The third kappa shape index (κ3) is 3.79. The monoisotopic (exact) mass is 321 g/mol. The fourth-order valence-corrected chi connectivity index (χ4v) is 2.45. The van der Waals surface area contributed by atoms with E-state index < -0.39 is 5.97 Å². The molecule has 0 radical (unpaired) electrons. The second-order valence-corrected chi connectivity index (χ2v) is 5.24. The van der Waals surface area contributed by atoms with E-state index in [1.165, 1.54) is 20.3 Å². The van der Waals surface area contributed by atoms with E-state index in [1.54, 1.807) is 25.1 Å². The van der Waals surface area contributed by atoms with E-state index in [2.05, 4.69) is 15.2 Å². The third-order valence-electron chi connectivity index (χ3n) is 2.69. The smallest absolute Gasteiger partial charge is 0.342 e. The minimum absolute atomic E-state index is 0.103. The Balaban J connectivity index is 2.31. The molecule has 1 heterocycles. The number of nitrogens with zero attached hydrogens (tertiary/aromatic N) is 2. The lowest BCUT2D eigenvalue weighted by Crippen LogP contribution is -1.97. The Bertz CT molecular complexity index is 712. The van der Waals surface area contributed by atoms with Crippen LogP contribution in [-0.4, -0.2) is 40.5 Å². The number of aromatic nitrogens is 3. The van der Waals surface area contributed by atoms with Crippen LogP contribution in [0, 0.1) is 6.92 Å². The van der Waals surface area contributed by atoms with Gasteiger partial charge < -0.3 is 14.6 Å². The maximum Gasteiger partial charge on any atom is 0.342 e. The molecule has 0 unspecified atom stereocenters. The molecule has 116 valence electrons. The van der Waals surface area contributed by atoms with Crippen molar-refractivity contribution in [3.8, 4) is 11.5 Å². The van der Waals surface area contributed by atoms with Crippen LogP contribution in [0.3, 0.4) is 0 Å². The number of thioether (sulfide) groups is 1. The summed E-state index contributed by atoms with van der Waals surface area (Å²) >= 11 is 0.972. The lowest BCUT2D eigenvalue weighted by atomic mass is 10.2. The van der Waals surface area contributed by atoms with Crippen LogP contribution in [-0.2, 0) is 4.79 Å². The quantitative estimate of drug-likeness (QED) is 0.622. The highest BCUT2D eigenvalue weighted by molar-refractivity contribution is 8.04. The van der Waals surface area contributed by atoms with Crippen molar-refractivity contribution < 1.29 is 19.4 Å². The van der Waals surface area contributed by atoms with Gasteiger partial charge in [-0.15, -0.1) is 5.10 Å². The van der Waals surface area contributed by atoms with Gasteiger partial charge in [0.15, 0.2) is 11.5 Å². The van der Waals surface area contributed by atoms with E-state index >= 15 is 0 Å². The average molecular weight is 321 g/mol. The molecule has 0 bridgehead atoms. The first-order chi connectivity index (χ1) is 10.5. The fourth-order valence-electron chi connectivity index (χ4n) is 1.70. The molecule has 0 saturated carbocycles. The van der Waals surface area contributed by atoms with Gasteiger partial charge in [0, 0.05) is 0 Å². The van der Waals surface area contributed by atoms with E-state index in [-0.39, 0.29) is 4.91 Å². The van der Waals surface area contributed by atoms with Gasteiger partial charge in [-0.1, -0.05) is 6.07 Å². The van der Waals surface area contributed by atoms with Gasteiger partial charge in [0.05, 0.1) is 14.2 Å². The van der Waals surface area contributed by atoms with Crippen molar-refractivity contribution in [3.63, 3.8) is 0 Å². The van der Waals surface area contributed by atoms with Gasteiger partial charge in [-0.2, -0.15) is 0 Å². The number of H-pyrrole nitrogens is 1. The molecular weight excluding hydrogens is 306 g/mol. The number of carboxylic acid groups (broad SMARTS) is 1. The summed E-state index contributed by atoms with van der Waals surface area (Å²) in [5.74, 6) is 0.675. The summed E-state index contributed by atoms with van der Waals surface area (Å²) < 4.78 is 10.4. The molecule has 0 saturated heterocycles. The molecule has 1 aromatic heterocycles. The maximum atomic E-state index is 11.4. The Labute approximate surface area is 131 Å². The molecule has 0 fully saturated rings. The lowest BCUT2D eigenvalue weighted by molar-refractivity contribution is -0.131. The molecule has 8 heteroatoms. The molecule has 0 atom stereocenters. The standard InChI is InChI=1S/C14H15N3O4S/c1-8-15-14(17-16-8)22-12(13(18)19)7-9-4-5-10(20-2)11(6-9)21-3/h4-7H,1-3H3,(H,18,19)(H,15,16,17)/b12-7-. The van der Waals surface area contributed by atoms with Gasteiger partial charge >= 0.3 is 5.97 Å². The molecular formula is C14H15N3O4S. The van der Waals surface area contributed by atoms with Gasteiger partial charge in [0.1, 0.15) is 10.7 Å². The SMILES string of the molecule is COc1ccc(/C=C(\Sc2n[nH]c(C)n2)C(=O)O)cc1OC. The first kappa shape index (κ1) is 15.9. The molecule has 0 aliphatic rings. The minimum atomic E-state index is -1.05. The summed E-state index contributed by atoms with van der Waals surface area (Å²) in [7, 11) is 3.06. The summed E-state index contributed by atoms with van der Waals surface area (Å²) in [6.45, 7) is 1.75. The van der Waals surface area contributed by atoms with Gasteiger partial charge in [0.25, 0.3) is 0 Å². The molecule has 0 aliphatic carbocycles. The van der Waals surface area contributed by atoms with Crippen LogP contribution in [0.25, 0.3) is 6.08 Å². The number of carboxylic acids is 1. The fraction of sp³-hybridized carbons (Fsp3) is 0.214. The summed E-state index contributed by atoms with van der Waals surface area (Å²) in [4.78, 5) is 15.6. The number of hydrogen-bond donors (Lipinski definition) is 2. The third-order valence-corrected chi connectivity index (χ3v) is 3.57. The number of aromatic amines is 1. The average Bonchev–Trinajstić information content (AvgIpc) is 2.91. The molecule has 0 spiro atoms. The first-order valence-electron chi connectivity index (χ1n) is 6.27. The number of carbonyl (C=O) groups is 1. The van der Waals surface area contributed by atoms with Gasteiger partial charge in [-0.05, 0) is 42.5 Å². The molecule has 0 amide bonds. The maximum absolute atomic E-state index is 11.4. The van der Waals surface area contributed by atoms with E-state index in [9.17, 15) is 9.90 Å². The molecule has 0 aliphatic heterocycles. The second kappa shape index (κ2) is 6.99. The number of methoxy groups -OCH3 is 2. The predicted octanol–water partition coefficient (Wildman–Crippen LogP) is 2.35. The van der Waals surface area contributed by atoms with Crippen LogP contribution < -0.4 is 9.47 Å². The van der Waals surface area contributed by atoms with Crippen molar-refractivity contribution in [1.82, 2.24) is 15.2 Å². The zero-order chi connectivity index (χ0) is 16.1. The normalized spacial score (nSPS) is 11.3. The van der Waals surface area contributed by atoms with Crippen LogP contribution in [0.5, 0.6) is 11.5 Å². The summed E-state index contributed by atoms with van der Waals surface area (Å²) in [5, 5.41) is 16.3. The van der Waals surface area contributed by atoms with E-state index in [0.717, 1.165) is 11.8 Å². The van der Waals surface area contributed by atoms with Crippen LogP contribution in [0.15, 0.2) is 28.3 Å². The highest BCUT2D eigenvalue weighted by Gasteiger charge is 2.13. The Hall–Kier alpha value is -2.48. The van der Waals surface area contributed by atoms with E-state index in [1.807, 2.05) is 0 Å². The second-order valence-electron chi connectivity index (χ2n) is 4.23. The first-order valence-corrected chi connectivity index (χ1v) is 7.09. The molecule has 2 rings (SSSR count). The van der Waals surface area contributed by atoms with Crippen molar-refractivity contribution in [2.24, 2.45) is 0 Å². The Morgan fingerprint density at radius 3 is 2.59 bits per heavy atom. The minimum Gasteiger partial charge on any atom is -0.493 e. The van der Waals surface area contributed by atoms with E-state index in [0.29, 0.717) is 28.0 Å². The zero-order valence-corrected chi connectivity index (χ0v) is 13.1. The zero-order valence-electron chi connectivity index (χ0n) is 12.3. The molecule has 2 N–H and O–H groups in total. The Kier molecular flexibility index (Phi) is 5.05. The molecule has 1 aromatic carbocycles. The van der Waals surface area contributed by atoms with Crippen molar-refractivity contribution in [3.05, 3.63) is 34.5 Å². The number of aryl methyl sites for hydroxylation is 1. The molecule has 2 aromatic rings. The summed E-state index contributed by atoms with van der Waals surface area (Å²) in [5.41, 5.74) is 0.676. The predicted molar refractivity (Wildman–Crippen MR) is 82.1 cm³/mol. The van der Waals surface area contributed by atoms with Crippen molar-refractivity contribution in [1.29, 1.82) is 0 Å². The largest absolute Gasteiger partial charge is 0.493 e. The molecule has 7 nitrogen and oxygen atoms in total. The number of aliphatic carboxylic acids is 1. The summed E-state index contributed by atoms with van der Waals surface area (Å²) in [6, 6.07) is 5.16. The van der Waals surface area contributed by atoms with Gasteiger partial charge in [-0.3, -0.25) is 5.10 Å². The van der Waals surface area contributed by atoms with Crippen LogP contribution in [0.1, 0.15) is 11.4 Å². The van der Waals surface area contributed by atoms with Gasteiger partial charge in [-0.25, -0.2) is 9.78 Å². The number of ether oxygens (including phenoxy) is 2. The number of hydrogen-bond acceptors (Lipinski definition) is 6. The van der Waals surface area contributed by atoms with Crippen LogP contribution in [0.4, 0.5) is 0 Å². The molecule has 22 heavy (non-hydrogen) atoms. The highest BCUT2D eigenvalue weighted by atomic mass is 32.2.